The van der Waals surface area contributed by atoms with Crippen LogP contribution in [0.15, 0.2) is 23.5 Å². The zero-order valence-electron chi connectivity index (χ0n) is 18.0. The molecule has 0 saturated heterocycles. The van der Waals surface area contributed by atoms with E-state index in [1.54, 1.807) is 0 Å². The fourth-order valence-electron chi connectivity index (χ4n) is 4.93. The van der Waals surface area contributed by atoms with E-state index in [1.807, 2.05) is 6.07 Å². The van der Waals surface area contributed by atoms with Crippen LogP contribution in [-0.4, -0.2) is 5.11 Å². The summed E-state index contributed by atoms with van der Waals surface area (Å²) in [5.41, 5.74) is 3.63. The molecule has 1 aromatic carbocycles. The fourth-order valence-corrected chi connectivity index (χ4v) is 4.93. The maximum Gasteiger partial charge on any atom is 0.134 e. The first-order valence-corrected chi connectivity index (χ1v) is 11.2. The van der Waals surface area contributed by atoms with Gasteiger partial charge in [-0.2, -0.15) is 0 Å². The number of phenolic OH excluding ortho intramolecular Hbond substituents is 1. The van der Waals surface area contributed by atoms with Crippen molar-refractivity contribution in [3.05, 3.63) is 34.6 Å². The molecule has 2 aliphatic rings. The number of allylic oxidation sites excluding steroid dienone is 2. The molecule has 4 unspecified atom stereocenters. The lowest BCUT2D eigenvalue weighted by Gasteiger charge is -2.35. The van der Waals surface area contributed by atoms with E-state index in [-0.39, 0.29) is 5.92 Å². The number of unbranched alkanes of at least 4 members (excludes halogenated alkanes) is 2. The molecule has 2 nitrogen and oxygen atoms in total. The van der Waals surface area contributed by atoms with E-state index in [0.29, 0.717) is 17.6 Å². The van der Waals surface area contributed by atoms with Gasteiger partial charge in [-0.1, -0.05) is 66.7 Å². The zero-order valence-corrected chi connectivity index (χ0v) is 18.0. The van der Waals surface area contributed by atoms with Crippen LogP contribution in [0.2, 0.25) is 0 Å². The molecule has 3 rings (SSSR count). The van der Waals surface area contributed by atoms with Crippen molar-refractivity contribution in [1.82, 2.24) is 0 Å². The van der Waals surface area contributed by atoms with Gasteiger partial charge in [0.25, 0.3) is 0 Å². The van der Waals surface area contributed by atoms with Gasteiger partial charge in [-0.25, -0.2) is 0 Å². The number of hydrogen-bond acceptors (Lipinski definition) is 2. The highest BCUT2D eigenvalue weighted by molar-refractivity contribution is 5.55. The molecule has 0 saturated carbocycles. The van der Waals surface area contributed by atoms with E-state index in [9.17, 15) is 5.11 Å². The van der Waals surface area contributed by atoms with Gasteiger partial charge in [0, 0.05) is 17.9 Å². The highest BCUT2D eigenvalue weighted by Gasteiger charge is 2.33. The van der Waals surface area contributed by atoms with Crippen LogP contribution in [0.5, 0.6) is 11.5 Å². The summed E-state index contributed by atoms with van der Waals surface area (Å²) < 4.78 is 6.41. The molecule has 1 N–H and O–H groups in total. The van der Waals surface area contributed by atoms with E-state index < -0.39 is 0 Å². The Hall–Kier alpha value is -1.44. The van der Waals surface area contributed by atoms with Crippen molar-refractivity contribution in [2.24, 2.45) is 11.8 Å². The second-order valence-corrected chi connectivity index (χ2v) is 9.00. The number of benzene rings is 1. The Labute approximate surface area is 166 Å². The van der Waals surface area contributed by atoms with Gasteiger partial charge in [0.2, 0.25) is 0 Å². The Morgan fingerprint density at radius 3 is 2.67 bits per heavy atom. The van der Waals surface area contributed by atoms with Crippen molar-refractivity contribution >= 4 is 0 Å². The standard InChI is InChI=1S/C25H38O2/c1-6-8-9-10-16(3)17(4)20-14-22(26)25-18(5)21-12-11-19(7-2)13-23(21)27-24(25)15-20/h14-19,26H,6-13H2,1-5H3. The van der Waals surface area contributed by atoms with Gasteiger partial charge in [-0.15, -0.1) is 0 Å². The summed E-state index contributed by atoms with van der Waals surface area (Å²) in [6.45, 7) is 11.4. The Balaban J connectivity index is 1.83. The third-order valence-corrected chi connectivity index (χ3v) is 7.21. The Bertz CT molecular complexity index is 688. The SMILES string of the molecule is CCCCCC(C)C(C)c1cc(O)c2c(c1)OC1=C(CCC(CC)C1)C2C. The average Bonchev–Trinajstić information content (AvgIpc) is 2.66. The summed E-state index contributed by atoms with van der Waals surface area (Å²) in [7, 11) is 0. The van der Waals surface area contributed by atoms with Gasteiger partial charge in [-0.3, -0.25) is 0 Å². The highest BCUT2D eigenvalue weighted by atomic mass is 16.5. The summed E-state index contributed by atoms with van der Waals surface area (Å²) in [6, 6.07) is 4.22. The van der Waals surface area contributed by atoms with E-state index in [4.69, 9.17) is 4.74 Å². The molecule has 1 aromatic rings. The monoisotopic (exact) mass is 370 g/mol. The summed E-state index contributed by atoms with van der Waals surface area (Å²) in [5, 5.41) is 10.8. The number of aromatic hydroxyl groups is 1. The van der Waals surface area contributed by atoms with E-state index >= 15 is 0 Å². The largest absolute Gasteiger partial charge is 0.507 e. The quantitative estimate of drug-likeness (QED) is 0.499. The van der Waals surface area contributed by atoms with Crippen LogP contribution in [0.4, 0.5) is 0 Å². The summed E-state index contributed by atoms with van der Waals surface area (Å²) >= 11 is 0. The number of rotatable bonds is 7. The molecule has 0 aromatic heterocycles. The van der Waals surface area contributed by atoms with Crippen molar-refractivity contribution in [3.63, 3.8) is 0 Å². The molecule has 0 spiro atoms. The third-order valence-electron chi connectivity index (χ3n) is 7.21. The van der Waals surface area contributed by atoms with Gasteiger partial charge in [0.05, 0.1) is 0 Å². The number of hydrogen-bond donors (Lipinski definition) is 1. The lowest BCUT2D eigenvalue weighted by atomic mass is 9.77. The Morgan fingerprint density at radius 2 is 1.96 bits per heavy atom. The molecule has 1 heterocycles. The normalized spacial score (nSPS) is 24.0. The van der Waals surface area contributed by atoms with Crippen molar-refractivity contribution in [3.8, 4) is 11.5 Å². The van der Waals surface area contributed by atoms with Crippen LogP contribution in [-0.2, 0) is 0 Å². The molecule has 1 aliphatic heterocycles. The Morgan fingerprint density at radius 1 is 1.19 bits per heavy atom. The molecule has 0 amide bonds. The Kier molecular flexibility index (Phi) is 6.55. The summed E-state index contributed by atoms with van der Waals surface area (Å²) in [5.74, 6) is 4.58. The fraction of sp³-hybridized carbons (Fsp3) is 0.680. The van der Waals surface area contributed by atoms with Gasteiger partial charge in [-0.05, 0) is 53.9 Å². The maximum absolute atomic E-state index is 10.8. The first kappa shape index (κ1) is 20.3. The van der Waals surface area contributed by atoms with Crippen LogP contribution in [0.1, 0.15) is 109 Å². The predicted octanol–water partition coefficient (Wildman–Crippen LogP) is 7.67. The highest BCUT2D eigenvalue weighted by Crippen LogP contribution is 2.50. The van der Waals surface area contributed by atoms with Crippen molar-refractivity contribution in [2.45, 2.75) is 97.8 Å². The van der Waals surface area contributed by atoms with Crippen molar-refractivity contribution < 1.29 is 9.84 Å². The molecule has 4 atom stereocenters. The molecule has 27 heavy (non-hydrogen) atoms. The van der Waals surface area contributed by atoms with Gasteiger partial charge >= 0.3 is 0 Å². The van der Waals surface area contributed by atoms with Crippen molar-refractivity contribution in [1.29, 1.82) is 0 Å². The van der Waals surface area contributed by atoms with Gasteiger partial charge in [0.15, 0.2) is 0 Å². The van der Waals surface area contributed by atoms with E-state index in [2.05, 4.69) is 40.7 Å². The van der Waals surface area contributed by atoms with Gasteiger partial charge < -0.3 is 9.84 Å². The first-order valence-electron chi connectivity index (χ1n) is 11.2. The smallest absolute Gasteiger partial charge is 0.134 e. The minimum Gasteiger partial charge on any atom is -0.507 e. The van der Waals surface area contributed by atoms with Gasteiger partial charge in [0.1, 0.15) is 17.3 Å². The van der Waals surface area contributed by atoms with Crippen LogP contribution in [0.3, 0.4) is 0 Å². The van der Waals surface area contributed by atoms with E-state index in [1.165, 1.54) is 55.4 Å². The molecule has 0 bridgehead atoms. The molecule has 150 valence electrons. The first-order chi connectivity index (χ1) is 13.0. The average molecular weight is 371 g/mol. The number of ether oxygens (including phenoxy) is 1. The topological polar surface area (TPSA) is 29.5 Å². The molecule has 0 radical (unpaired) electrons. The lowest BCUT2D eigenvalue weighted by molar-refractivity contribution is 0.294. The molecule has 2 heteroatoms. The van der Waals surface area contributed by atoms with Crippen molar-refractivity contribution in [2.75, 3.05) is 0 Å². The second kappa shape index (κ2) is 8.71. The minimum atomic E-state index is 0.271. The molecular formula is C25H38O2. The van der Waals surface area contributed by atoms with Crippen LogP contribution in [0.25, 0.3) is 0 Å². The second-order valence-electron chi connectivity index (χ2n) is 9.00. The number of phenols is 1. The zero-order chi connectivity index (χ0) is 19.6. The van der Waals surface area contributed by atoms with E-state index in [0.717, 1.165) is 30.1 Å². The molecule has 0 fully saturated rings. The van der Waals surface area contributed by atoms with Crippen LogP contribution in [0, 0.1) is 11.8 Å². The summed E-state index contributed by atoms with van der Waals surface area (Å²) in [4.78, 5) is 0. The third kappa shape index (κ3) is 4.20. The predicted molar refractivity (Wildman–Crippen MR) is 114 cm³/mol. The molecular weight excluding hydrogens is 332 g/mol. The minimum absolute atomic E-state index is 0.271. The van der Waals surface area contributed by atoms with Crippen LogP contribution >= 0.6 is 0 Å². The lowest BCUT2D eigenvalue weighted by Crippen LogP contribution is -2.21. The van der Waals surface area contributed by atoms with Crippen LogP contribution < -0.4 is 4.74 Å². The molecule has 1 aliphatic carbocycles. The number of fused-ring (bicyclic) bond motifs is 1. The maximum atomic E-state index is 10.8. The summed E-state index contributed by atoms with van der Waals surface area (Å²) in [6.07, 6.45) is 9.76.